The van der Waals surface area contributed by atoms with Gasteiger partial charge in [0.25, 0.3) is 15.9 Å². The summed E-state index contributed by atoms with van der Waals surface area (Å²) in [4.78, 5) is 27.4. The molecular weight excluding hydrogens is 454 g/mol. The van der Waals surface area contributed by atoms with Gasteiger partial charge in [0.2, 0.25) is 0 Å². The molecule has 0 spiro atoms. The van der Waals surface area contributed by atoms with Crippen LogP contribution >= 0.6 is 0 Å². The molecule has 4 aliphatic rings. The molecule has 9 heteroatoms. The third kappa shape index (κ3) is 4.34. The fraction of sp³-hybridized carbons (Fsp3) is 0.640. The quantitative estimate of drug-likeness (QED) is 0.636. The van der Waals surface area contributed by atoms with Crippen molar-refractivity contribution in [2.45, 2.75) is 82.3 Å². The molecule has 3 fully saturated rings. The van der Waals surface area contributed by atoms with Crippen molar-refractivity contribution in [1.29, 1.82) is 0 Å². The summed E-state index contributed by atoms with van der Waals surface area (Å²) in [5, 5.41) is 3.03. The number of rotatable bonds is 5. The Labute approximate surface area is 201 Å². The zero-order valence-electron chi connectivity index (χ0n) is 19.8. The Balaban J connectivity index is 1.26. The van der Waals surface area contributed by atoms with Gasteiger partial charge in [0, 0.05) is 19.0 Å². The number of nitrogens with zero attached hydrogens (tertiary/aromatic N) is 2. The fourth-order valence-electron chi connectivity index (χ4n) is 6.24. The lowest BCUT2D eigenvalue weighted by Crippen LogP contribution is -2.45. The Bertz CT molecular complexity index is 1130. The van der Waals surface area contributed by atoms with Crippen LogP contribution in [0.5, 0.6) is 0 Å². The summed E-state index contributed by atoms with van der Waals surface area (Å²) in [6.07, 6.45) is 7.49. The number of anilines is 1. The zero-order chi connectivity index (χ0) is 24.0. The minimum atomic E-state index is -3.90. The molecule has 1 amide bonds. The van der Waals surface area contributed by atoms with Gasteiger partial charge < -0.3 is 15.0 Å². The van der Waals surface area contributed by atoms with Crippen LogP contribution in [-0.4, -0.2) is 44.8 Å². The Morgan fingerprint density at radius 2 is 1.97 bits per heavy atom. The molecule has 8 nitrogen and oxygen atoms in total. The summed E-state index contributed by atoms with van der Waals surface area (Å²) in [7, 11) is -3.90. The van der Waals surface area contributed by atoms with Crippen molar-refractivity contribution in [3.63, 3.8) is 0 Å². The van der Waals surface area contributed by atoms with Gasteiger partial charge in [-0.1, -0.05) is 12.8 Å². The fourth-order valence-corrected chi connectivity index (χ4v) is 7.53. The highest BCUT2D eigenvalue weighted by atomic mass is 32.2. The number of amides is 1. The lowest BCUT2D eigenvalue weighted by atomic mass is 9.84. The van der Waals surface area contributed by atoms with Gasteiger partial charge in [0.15, 0.2) is 6.10 Å². The number of hydrogen-bond acceptors (Lipinski definition) is 6. The summed E-state index contributed by atoms with van der Waals surface area (Å²) < 4.78 is 35.1. The highest BCUT2D eigenvalue weighted by molar-refractivity contribution is 7.90. The number of amidine groups is 1. The van der Waals surface area contributed by atoms with Gasteiger partial charge in [0.05, 0.1) is 11.3 Å². The van der Waals surface area contributed by atoms with E-state index in [9.17, 15) is 18.0 Å². The Hall–Kier alpha value is -2.42. The van der Waals surface area contributed by atoms with Gasteiger partial charge in [-0.3, -0.25) is 4.79 Å². The largest absolute Gasteiger partial charge is 0.449 e. The number of carbonyl (C=O) groups is 2. The second-order valence-electron chi connectivity index (χ2n) is 10.3. The van der Waals surface area contributed by atoms with Crippen molar-refractivity contribution in [2.24, 2.45) is 22.2 Å². The molecule has 0 unspecified atom stereocenters. The smallest absolute Gasteiger partial charge is 0.338 e. The second-order valence-corrected chi connectivity index (χ2v) is 11.9. The van der Waals surface area contributed by atoms with Gasteiger partial charge in [-0.25, -0.2) is 4.79 Å². The average Bonchev–Trinajstić information content (AvgIpc) is 3.36. The molecular formula is C25H33N3O5S. The summed E-state index contributed by atoms with van der Waals surface area (Å²) in [5.41, 5.74) is 0.644. The zero-order valence-corrected chi connectivity index (χ0v) is 20.6. The van der Waals surface area contributed by atoms with Gasteiger partial charge >= 0.3 is 5.97 Å². The van der Waals surface area contributed by atoms with E-state index < -0.39 is 22.1 Å². The monoisotopic (exact) mass is 487 g/mol. The minimum absolute atomic E-state index is 0.00890. The van der Waals surface area contributed by atoms with E-state index in [0.717, 1.165) is 31.6 Å². The first-order valence-corrected chi connectivity index (χ1v) is 13.9. The van der Waals surface area contributed by atoms with Crippen LogP contribution in [0.1, 0.15) is 75.6 Å². The van der Waals surface area contributed by atoms with E-state index in [0.29, 0.717) is 36.3 Å². The molecule has 184 valence electrons. The number of sulfonamides is 1. The van der Waals surface area contributed by atoms with Crippen molar-refractivity contribution < 1.29 is 22.7 Å². The maximum Gasteiger partial charge on any atom is 0.338 e. The molecule has 34 heavy (non-hydrogen) atoms. The minimum Gasteiger partial charge on any atom is -0.449 e. The molecule has 2 bridgehead atoms. The average molecular weight is 488 g/mol. The molecule has 0 radical (unpaired) electrons. The van der Waals surface area contributed by atoms with Crippen molar-refractivity contribution in [3.8, 4) is 0 Å². The van der Waals surface area contributed by atoms with E-state index in [1.165, 1.54) is 25.3 Å². The standard InChI is InChI=1S/C25H33N3O5S/c1-15(20-13-17-7-8-18(20)12-17)26-24(29)16(2)33-25(30)19-9-10-21-22(14-19)34(31,32)27-23-6-4-3-5-11-28(21)23/h9-10,14-18,20H,3-8,11-13H2,1-2H3,(H,26,29)/t15-,16-,17-,18-,20+/m0/s1. The molecule has 0 aromatic heterocycles. The topological polar surface area (TPSA) is 105 Å². The van der Waals surface area contributed by atoms with Crippen LogP contribution in [-0.2, 0) is 19.6 Å². The molecule has 2 saturated carbocycles. The number of carbonyl (C=O) groups excluding carboxylic acids is 2. The van der Waals surface area contributed by atoms with Crippen molar-refractivity contribution in [3.05, 3.63) is 23.8 Å². The van der Waals surface area contributed by atoms with Crippen LogP contribution in [0.3, 0.4) is 0 Å². The highest BCUT2D eigenvalue weighted by Gasteiger charge is 2.42. The van der Waals surface area contributed by atoms with Gasteiger partial charge in [-0.05, 0) is 81.9 Å². The van der Waals surface area contributed by atoms with Gasteiger partial charge in [-0.15, -0.1) is 4.40 Å². The second kappa shape index (κ2) is 8.98. The summed E-state index contributed by atoms with van der Waals surface area (Å²) >= 11 is 0. The van der Waals surface area contributed by atoms with E-state index in [1.54, 1.807) is 19.1 Å². The molecule has 2 aliphatic heterocycles. The Morgan fingerprint density at radius 3 is 2.71 bits per heavy atom. The van der Waals surface area contributed by atoms with Crippen molar-refractivity contribution >= 4 is 33.4 Å². The molecule has 5 atom stereocenters. The third-order valence-electron chi connectivity index (χ3n) is 8.04. The number of esters is 1. The first kappa shape index (κ1) is 23.3. The Morgan fingerprint density at radius 1 is 1.15 bits per heavy atom. The summed E-state index contributed by atoms with van der Waals surface area (Å²) in [6.45, 7) is 4.27. The van der Waals surface area contributed by atoms with E-state index >= 15 is 0 Å². The lowest BCUT2D eigenvalue weighted by Gasteiger charge is -2.30. The van der Waals surface area contributed by atoms with Crippen LogP contribution < -0.4 is 10.2 Å². The van der Waals surface area contributed by atoms with Crippen molar-refractivity contribution in [2.75, 3.05) is 11.4 Å². The maximum atomic E-state index is 12.8. The molecule has 2 heterocycles. The van der Waals surface area contributed by atoms with E-state index in [1.807, 2.05) is 11.8 Å². The summed E-state index contributed by atoms with van der Waals surface area (Å²) in [6, 6.07) is 4.57. The highest BCUT2D eigenvalue weighted by Crippen LogP contribution is 2.49. The van der Waals surface area contributed by atoms with Crippen LogP contribution in [0.15, 0.2) is 27.5 Å². The number of nitrogens with one attached hydrogen (secondary N) is 1. The molecule has 1 aromatic rings. The number of benzene rings is 1. The molecule has 1 N–H and O–H groups in total. The van der Waals surface area contributed by atoms with Crippen LogP contribution in [0.2, 0.25) is 0 Å². The van der Waals surface area contributed by atoms with Crippen LogP contribution in [0.4, 0.5) is 5.69 Å². The first-order chi connectivity index (χ1) is 16.2. The number of fused-ring (bicyclic) bond motifs is 5. The van der Waals surface area contributed by atoms with E-state index in [-0.39, 0.29) is 22.4 Å². The summed E-state index contributed by atoms with van der Waals surface area (Å²) in [5.74, 6) is 1.48. The molecule has 2 aliphatic carbocycles. The predicted octanol–water partition coefficient (Wildman–Crippen LogP) is 3.65. The first-order valence-electron chi connectivity index (χ1n) is 12.5. The molecule has 1 saturated heterocycles. The van der Waals surface area contributed by atoms with E-state index in [4.69, 9.17) is 4.74 Å². The predicted molar refractivity (Wildman–Crippen MR) is 128 cm³/mol. The van der Waals surface area contributed by atoms with E-state index in [2.05, 4.69) is 9.71 Å². The lowest BCUT2D eigenvalue weighted by molar-refractivity contribution is -0.130. The van der Waals surface area contributed by atoms with Crippen LogP contribution in [0, 0.1) is 17.8 Å². The Kier molecular flexibility index (Phi) is 6.16. The maximum absolute atomic E-state index is 12.8. The normalized spacial score (nSPS) is 28.7. The number of ether oxygens (including phenoxy) is 1. The molecule has 5 rings (SSSR count). The van der Waals surface area contributed by atoms with Gasteiger partial charge in [-0.2, -0.15) is 8.42 Å². The third-order valence-corrected chi connectivity index (χ3v) is 9.38. The van der Waals surface area contributed by atoms with Crippen molar-refractivity contribution in [1.82, 2.24) is 5.32 Å². The number of hydrogen-bond donors (Lipinski definition) is 1. The van der Waals surface area contributed by atoms with Crippen LogP contribution in [0.25, 0.3) is 0 Å². The van der Waals surface area contributed by atoms with Gasteiger partial charge in [0.1, 0.15) is 10.7 Å². The SMILES string of the molecule is C[C@H](OC(=O)c1ccc2c(c1)S(=O)(=O)N=C1CCCCCN12)C(=O)N[C@@H](C)[C@H]1C[C@H]2CC[C@H]1C2. The molecule has 1 aromatic carbocycles.